The summed E-state index contributed by atoms with van der Waals surface area (Å²) in [7, 11) is 0. The van der Waals surface area contributed by atoms with Crippen LogP contribution in [-0.2, 0) is 4.74 Å². The molecule has 0 radical (unpaired) electrons. The number of ether oxygens (including phenoxy) is 1. The van der Waals surface area contributed by atoms with Crippen molar-refractivity contribution in [1.29, 1.82) is 0 Å². The first-order chi connectivity index (χ1) is 8.02. The Morgan fingerprint density at radius 1 is 1.41 bits per heavy atom. The van der Waals surface area contributed by atoms with E-state index in [2.05, 4.69) is 25.7 Å². The molecule has 2 bridgehead atoms. The Bertz CT molecular complexity index is 352. The van der Waals surface area contributed by atoms with Gasteiger partial charge < -0.3 is 4.74 Å². The number of hydrogen-bond donors (Lipinski definition) is 0. The van der Waals surface area contributed by atoms with Gasteiger partial charge in [-0.05, 0) is 42.9 Å². The van der Waals surface area contributed by atoms with E-state index in [0.29, 0.717) is 17.9 Å². The van der Waals surface area contributed by atoms with Crippen molar-refractivity contribution in [2.75, 3.05) is 13.2 Å². The number of carbonyl (C=O) groups excluding carboxylic acids is 1. The highest BCUT2D eigenvalue weighted by molar-refractivity contribution is 5.71. The molecule has 96 valence electrons. The highest BCUT2D eigenvalue weighted by Crippen LogP contribution is 2.64. The summed E-state index contributed by atoms with van der Waals surface area (Å²) < 4.78 is 5.39. The van der Waals surface area contributed by atoms with Crippen molar-refractivity contribution in [2.24, 2.45) is 17.3 Å². The van der Waals surface area contributed by atoms with E-state index in [4.69, 9.17) is 4.74 Å². The SMILES string of the molecule is CCCN1C(=O)OCC12CC1CCC2C1(C)C. The summed E-state index contributed by atoms with van der Waals surface area (Å²) in [6.07, 6.45) is 4.72. The van der Waals surface area contributed by atoms with Crippen LogP contribution in [0.1, 0.15) is 46.5 Å². The summed E-state index contributed by atoms with van der Waals surface area (Å²) in [4.78, 5) is 14.0. The minimum Gasteiger partial charge on any atom is -0.447 e. The van der Waals surface area contributed by atoms with Gasteiger partial charge in [0.25, 0.3) is 0 Å². The van der Waals surface area contributed by atoms with Crippen LogP contribution in [0, 0.1) is 17.3 Å². The molecule has 3 heteroatoms. The monoisotopic (exact) mass is 237 g/mol. The number of carbonyl (C=O) groups is 1. The van der Waals surface area contributed by atoms with Gasteiger partial charge in [0.15, 0.2) is 0 Å². The highest BCUT2D eigenvalue weighted by atomic mass is 16.6. The maximum absolute atomic E-state index is 11.9. The maximum atomic E-state index is 11.9. The fourth-order valence-electron chi connectivity index (χ4n) is 4.81. The molecule has 1 saturated heterocycles. The summed E-state index contributed by atoms with van der Waals surface area (Å²) in [6.45, 7) is 8.40. The molecule has 3 unspecified atom stereocenters. The molecular weight excluding hydrogens is 214 g/mol. The van der Waals surface area contributed by atoms with E-state index in [1.54, 1.807) is 0 Å². The Hall–Kier alpha value is -0.730. The second-order valence-electron chi connectivity index (χ2n) is 6.66. The van der Waals surface area contributed by atoms with Crippen molar-refractivity contribution in [3.05, 3.63) is 0 Å². The van der Waals surface area contributed by atoms with E-state index in [9.17, 15) is 4.79 Å². The van der Waals surface area contributed by atoms with Gasteiger partial charge in [-0.3, -0.25) is 4.90 Å². The third kappa shape index (κ3) is 1.26. The number of rotatable bonds is 2. The van der Waals surface area contributed by atoms with E-state index in [-0.39, 0.29) is 11.6 Å². The Labute approximate surface area is 104 Å². The molecular formula is C14H23NO2. The second-order valence-corrected chi connectivity index (χ2v) is 6.66. The van der Waals surface area contributed by atoms with Crippen molar-refractivity contribution in [3.8, 4) is 0 Å². The average molecular weight is 237 g/mol. The molecule has 2 saturated carbocycles. The molecule has 3 nitrogen and oxygen atoms in total. The largest absolute Gasteiger partial charge is 0.447 e. The van der Waals surface area contributed by atoms with Crippen LogP contribution < -0.4 is 0 Å². The summed E-state index contributed by atoms with van der Waals surface area (Å²) in [5.41, 5.74) is 0.430. The lowest BCUT2D eigenvalue weighted by Crippen LogP contribution is -2.52. The van der Waals surface area contributed by atoms with Crippen molar-refractivity contribution in [2.45, 2.75) is 52.0 Å². The molecule has 3 rings (SSSR count). The minimum absolute atomic E-state index is 0.0412. The Morgan fingerprint density at radius 3 is 2.71 bits per heavy atom. The number of cyclic esters (lactones) is 1. The van der Waals surface area contributed by atoms with E-state index < -0.39 is 0 Å². The Balaban J connectivity index is 1.95. The van der Waals surface area contributed by atoms with E-state index in [1.807, 2.05) is 0 Å². The molecule has 0 aromatic heterocycles. The van der Waals surface area contributed by atoms with Gasteiger partial charge in [-0.25, -0.2) is 4.79 Å². The first kappa shape index (κ1) is 11.4. The van der Waals surface area contributed by atoms with Gasteiger partial charge in [-0.1, -0.05) is 20.8 Å². The standard InChI is InChI=1S/C14H23NO2/c1-4-7-15-12(16)17-9-14(15)8-10-5-6-11(14)13(10,2)3/h10-11H,4-9H2,1-3H3. The van der Waals surface area contributed by atoms with Crippen molar-refractivity contribution in [3.63, 3.8) is 0 Å². The molecule has 0 aromatic rings. The number of nitrogens with zero attached hydrogens (tertiary/aromatic N) is 1. The fourth-order valence-corrected chi connectivity index (χ4v) is 4.81. The zero-order valence-corrected chi connectivity index (χ0v) is 11.2. The second kappa shape index (κ2) is 3.39. The molecule has 1 spiro atoms. The Kier molecular flexibility index (Phi) is 2.27. The van der Waals surface area contributed by atoms with Gasteiger partial charge in [-0.15, -0.1) is 0 Å². The lowest BCUT2D eigenvalue weighted by molar-refractivity contribution is 0.0827. The lowest BCUT2D eigenvalue weighted by atomic mass is 9.76. The van der Waals surface area contributed by atoms with Crippen LogP contribution in [0.5, 0.6) is 0 Å². The number of hydrogen-bond acceptors (Lipinski definition) is 2. The first-order valence-electron chi connectivity index (χ1n) is 6.97. The van der Waals surface area contributed by atoms with Gasteiger partial charge in [0.2, 0.25) is 0 Å². The van der Waals surface area contributed by atoms with Crippen LogP contribution in [0.3, 0.4) is 0 Å². The number of amides is 1. The van der Waals surface area contributed by atoms with Gasteiger partial charge in [-0.2, -0.15) is 0 Å². The van der Waals surface area contributed by atoms with Gasteiger partial charge >= 0.3 is 6.09 Å². The molecule has 1 amide bonds. The first-order valence-corrected chi connectivity index (χ1v) is 6.97. The predicted molar refractivity (Wildman–Crippen MR) is 65.7 cm³/mol. The molecule has 0 N–H and O–H groups in total. The van der Waals surface area contributed by atoms with Crippen LogP contribution >= 0.6 is 0 Å². The van der Waals surface area contributed by atoms with Crippen LogP contribution in [0.15, 0.2) is 0 Å². The zero-order valence-electron chi connectivity index (χ0n) is 11.2. The van der Waals surface area contributed by atoms with Crippen LogP contribution in [0.4, 0.5) is 4.79 Å². The summed E-state index contributed by atoms with van der Waals surface area (Å²) >= 11 is 0. The Morgan fingerprint density at radius 2 is 2.18 bits per heavy atom. The summed E-state index contributed by atoms with van der Waals surface area (Å²) in [5.74, 6) is 1.42. The van der Waals surface area contributed by atoms with E-state index in [0.717, 1.165) is 25.3 Å². The normalized spacial score (nSPS) is 42.5. The van der Waals surface area contributed by atoms with Crippen LogP contribution in [0.2, 0.25) is 0 Å². The fraction of sp³-hybridized carbons (Fsp3) is 0.929. The molecule has 3 aliphatic rings. The van der Waals surface area contributed by atoms with Gasteiger partial charge in [0, 0.05) is 6.54 Å². The van der Waals surface area contributed by atoms with Gasteiger partial charge in [0.05, 0.1) is 5.54 Å². The van der Waals surface area contributed by atoms with Crippen LogP contribution in [-0.4, -0.2) is 29.7 Å². The maximum Gasteiger partial charge on any atom is 0.410 e. The molecule has 17 heavy (non-hydrogen) atoms. The third-order valence-corrected chi connectivity index (χ3v) is 5.65. The smallest absolute Gasteiger partial charge is 0.410 e. The molecule has 3 fully saturated rings. The molecule has 1 heterocycles. The molecule has 3 atom stereocenters. The van der Waals surface area contributed by atoms with E-state index in [1.165, 1.54) is 12.8 Å². The van der Waals surface area contributed by atoms with E-state index >= 15 is 0 Å². The highest BCUT2D eigenvalue weighted by Gasteiger charge is 2.66. The molecule has 0 aromatic carbocycles. The molecule has 1 aliphatic heterocycles. The van der Waals surface area contributed by atoms with Crippen molar-refractivity contribution < 1.29 is 9.53 Å². The minimum atomic E-state index is -0.0739. The number of fused-ring (bicyclic) bond motifs is 3. The topological polar surface area (TPSA) is 29.5 Å². The average Bonchev–Trinajstić information content (AvgIpc) is 2.81. The molecule has 2 aliphatic carbocycles. The predicted octanol–water partition coefficient (Wildman–Crippen LogP) is 3.04. The summed E-state index contributed by atoms with van der Waals surface area (Å²) in [5, 5.41) is 0. The van der Waals surface area contributed by atoms with Gasteiger partial charge in [0.1, 0.15) is 6.61 Å². The van der Waals surface area contributed by atoms with Crippen LogP contribution in [0.25, 0.3) is 0 Å². The summed E-state index contributed by atoms with van der Waals surface area (Å²) in [6, 6.07) is 0. The third-order valence-electron chi connectivity index (χ3n) is 5.65. The van der Waals surface area contributed by atoms with Crippen molar-refractivity contribution >= 4 is 6.09 Å². The quantitative estimate of drug-likeness (QED) is 0.738. The van der Waals surface area contributed by atoms with Crippen molar-refractivity contribution in [1.82, 2.24) is 4.90 Å². The zero-order chi connectivity index (χ0) is 12.3. The lowest BCUT2D eigenvalue weighted by Gasteiger charge is -2.40.